The van der Waals surface area contributed by atoms with Crippen molar-refractivity contribution in [1.82, 2.24) is 24.9 Å². The van der Waals surface area contributed by atoms with Crippen LogP contribution < -0.4 is 5.32 Å². The highest BCUT2D eigenvalue weighted by atomic mass is 16.3. The Morgan fingerprint density at radius 2 is 2.30 bits per heavy atom. The Balaban J connectivity index is 1.47. The van der Waals surface area contributed by atoms with Gasteiger partial charge < -0.3 is 10.4 Å². The van der Waals surface area contributed by atoms with Crippen molar-refractivity contribution in [3.63, 3.8) is 0 Å². The van der Waals surface area contributed by atoms with Gasteiger partial charge in [0.15, 0.2) is 0 Å². The third-order valence-electron chi connectivity index (χ3n) is 4.80. The molecule has 3 atom stereocenters. The summed E-state index contributed by atoms with van der Waals surface area (Å²) in [4.78, 5) is 12.5. The van der Waals surface area contributed by atoms with Crippen LogP contribution in [-0.2, 0) is 13.0 Å². The van der Waals surface area contributed by atoms with Crippen molar-refractivity contribution < 1.29 is 9.90 Å². The molecule has 23 heavy (non-hydrogen) atoms. The van der Waals surface area contributed by atoms with Crippen LogP contribution in [0.25, 0.3) is 0 Å². The maximum Gasteiger partial charge on any atom is 0.272 e. The molecule has 0 aromatic carbocycles. The van der Waals surface area contributed by atoms with E-state index in [1.54, 1.807) is 10.9 Å². The Kier molecular flexibility index (Phi) is 3.45. The second kappa shape index (κ2) is 5.49. The summed E-state index contributed by atoms with van der Waals surface area (Å²) in [6.07, 6.45) is 6.97. The molecule has 2 N–H and O–H groups in total. The molecule has 0 saturated heterocycles. The van der Waals surface area contributed by atoms with Crippen molar-refractivity contribution in [3.8, 4) is 0 Å². The fourth-order valence-electron chi connectivity index (χ4n) is 3.48. The molecule has 4 rings (SSSR count). The maximum absolute atomic E-state index is 12.5. The van der Waals surface area contributed by atoms with Crippen molar-refractivity contribution in [1.29, 1.82) is 0 Å². The molecule has 1 saturated carbocycles. The number of aromatic nitrogens is 4. The molecule has 2 aromatic rings. The molecule has 2 aliphatic rings. The Hall–Kier alpha value is -2.15. The molecule has 122 valence electrons. The minimum absolute atomic E-state index is 0.115. The third kappa shape index (κ3) is 2.55. The number of aliphatic hydroxyl groups excluding tert-OH is 1. The SMILES string of the molecule is Cc1cnn([C@H]2[C@H](O)C[C@@H]2NC(=O)c2cc3n(n2)CCCC3)c1. The summed E-state index contributed by atoms with van der Waals surface area (Å²) in [5, 5.41) is 21.7. The first-order valence-corrected chi connectivity index (χ1v) is 8.18. The molecule has 0 unspecified atom stereocenters. The molecule has 0 spiro atoms. The summed E-state index contributed by atoms with van der Waals surface area (Å²) in [6, 6.07) is 1.57. The van der Waals surface area contributed by atoms with E-state index >= 15 is 0 Å². The van der Waals surface area contributed by atoms with Crippen molar-refractivity contribution in [3.05, 3.63) is 35.4 Å². The van der Waals surface area contributed by atoms with Gasteiger partial charge in [-0.05, 0) is 44.2 Å². The van der Waals surface area contributed by atoms with E-state index in [2.05, 4.69) is 15.5 Å². The highest BCUT2D eigenvalue weighted by Crippen LogP contribution is 2.32. The van der Waals surface area contributed by atoms with E-state index in [0.717, 1.165) is 37.1 Å². The monoisotopic (exact) mass is 315 g/mol. The number of hydrogen-bond donors (Lipinski definition) is 2. The third-order valence-corrected chi connectivity index (χ3v) is 4.80. The number of rotatable bonds is 3. The summed E-state index contributed by atoms with van der Waals surface area (Å²) in [7, 11) is 0. The Labute approximate surface area is 134 Å². The van der Waals surface area contributed by atoms with Gasteiger partial charge in [-0.1, -0.05) is 0 Å². The molecule has 1 amide bonds. The quantitative estimate of drug-likeness (QED) is 0.878. The molecule has 1 aliphatic carbocycles. The van der Waals surface area contributed by atoms with Crippen LogP contribution in [0.2, 0.25) is 0 Å². The van der Waals surface area contributed by atoms with Gasteiger partial charge >= 0.3 is 0 Å². The number of amides is 1. The van der Waals surface area contributed by atoms with Gasteiger partial charge in [-0.15, -0.1) is 0 Å². The zero-order valence-corrected chi connectivity index (χ0v) is 13.1. The van der Waals surface area contributed by atoms with Crippen LogP contribution in [-0.4, -0.2) is 42.7 Å². The van der Waals surface area contributed by atoms with Crippen LogP contribution in [0, 0.1) is 6.92 Å². The second-order valence-corrected chi connectivity index (χ2v) is 6.57. The highest BCUT2D eigenvalue weighted by Gasteiger charge is 2.43. The predicted octanol–water partition coefficient (Wildman–Crippen LogP) is 0.829. The van der Waals surface area contributed by atoms with Gasteiger partial charge in [-0.3, -0.25) is 14.2 Å². The molecule has 3 heterocycles. The Morgan fingerprint density at radius 3 is 3.00 bits per heavy atom. The first kappa shape index (κ1) is 14.4. The van der Waals surface area contributed by atoms with Gasteiger partial charge in [0, 0.05) is 18.4 Å². The van der Waals surface area contributed by atoms with Crippen LogP contribution in [0.3, 0.4) is 0 Å². The fraction of sp³-hybridized carbons (Fsp3) is 0.562. The molecule has 7 nitrogen and oxygen atoms in total. The van der Waals surface area contributed by atoms with E-state index in [0.29, 0.717) is 12.1 Å². The Morgan fingerprint density at radius 1 is 1.43 bits per heavy atom. The molecule has 0 radical (unpaired) electrons. The summed E-state index contributed by atoms with van der Waals surface area (Å²) in [5.41, 5.74) is 2.64. The molecule has 1 fully saturated rings. The van der Waals surface area contributed by atoms with Crippen LogP contribution in [0.1, 0.15) is 47.1 Å². The van der Waals surface area contributed by atoms with Crippen molar-refractivity contribution in [2.45, 2.75) is 57.3 Å². The minimum Gasteiger partial charge on any atom is -0.391 e. The lowest BCUT2D eigenvalue weighted by Gasteiger charge is -2.41. The molecular weight excluding hydrogens is 294 g/mol. The van der Waals surface area contributed by atoms with E-state index in [1.807, 2.05) is 23.9 Å². The van der Waals surface area contributed by atoms with Crippen LogP contribution >= 0.6 is 0 Å². The van der Waals surface area contributed by atoms with E-state index < -0.39 is 6.10 Å². The van der Waals surface area contributed by atoms with E-state index in [4.69, 9.17) is 0 Å². The summed E-state index contributed by atoms with van der Waals surface area (Å²) >= 11 is 0. The summed E-state index contributed by atoms with van der Waals surface area (Å²) in [6.45, 7) is 2.84. The zero-order chi connectivity index (χ0) is 16.0. The van der Waals surface area contributed by atoms with Gasteiger partial charge in [-0.25, -0.2) is 0 Å². The smallest absolute Gasteiger partial charge is 0.272 e. The average molecular weight is 315 g/mol. The first-order valence-electron chi connectivity index (χ1n) is 8.18. The summed E-state index contributed by atoms with van der Waals surface area (Å²) < 4.78 is 3.68. The number of nitrogens with zero attached hydrogens (tertiary/aromatic N) is 4. The predicted molar refractivity (Wildman–Crippen MR) is 83.0 cm³/mol. The molecule has 0 bridgehead atoms. The average Bonchev–Trinajstić information content (AvgIpc) is 3.12. The van der Waals surface area contributed by atoms with Crippen LogP contribution in [0.15, 0.2) is 18.5 Å². The van der Waals surface area contributed by atoms with Gasteiger partial charge in [0.1, 0.15) is 5.69 Å². The number of hydrogen-bond acceptors (Lipinski definition) is 4. The lowest BCUT2D eigenvalue weighted by atomic mass is 9.83. The minimum atomic E-state index is -0.477. The van der Waals surface area contributed by atoms with Gasteiger partial charge in [0.25, 0.3) is 5.91 Å². The second-order valence-electron chi connectivity index (χ2n) is 6.57. The van der Waals surface area contributed by atoms with E-state index in [-0.39, 0.29) is 18.0 Å². The van der Waals surface area contributed by atoms with Gasteiger partial charge in [0.05, 0.1) is 24.4 Å². The molecule has 7 heteroatoms. The standard InChI is InChI=1S/C16H21N5O2/c1-10-8-17-21(9-10)15-12(7-14(15)22)18-16(23)13-6-11-4-2-3-5-20(11)19-13/h6,8-9,12,14-15,22H,2-5,7H2,1H3,(H,18,23)/t12-,14+,15+/m0/s1. The van der Waals surface area contributed by atoms with Crippen molar-refractivity contribution in [2.75, 3.05) is 0 Å². The number of fused-ring (bicyclic) bond motifs is 1. The number of carbonyl (C=O) groups excluding carboxylic acids is 1. The van der Waals surface area contributed by atoms with Crippen molar-refractivity contribution in [2.24, 2.45) is 0 Å². The van der Waals surface area contributed by atoms with E-state index in [1.165, 1.54) is 0 Å². The number of aliphatic hydroxyl groups is 1. The molecular formula is C16H21N5O2. The molecule has 2 aromatic heterocycles. The highest BCUT2D eigenvalue weighted by molar-refractivity contribution is 5.92. The Bertz CT molecular complexity index is 711. The first-order chi connectivity index (χ1) is 11.1. The van der Waals surface area contributed by atoms with Gasteiger partial charge in [0.2, 0.25) is 0 Å². The number of aryl methyl sites for hydroxylation is 3. The maximum atomic E-state index is 12.5. The number of carbonyl (C=O) groups is 1. The molecule has 1 aliphatic heterocycles. The van der Waals surface area contributed by atoms with Crippen LogP contribution in [0.4, 0.5) is 0 Å². The number of nitrogens with one attached hydrogen (secondary N) is 1. The summed E-state index contributed by atoms with van der Waals surface area (Å²) in [5.74, 6) is -0.169. The van der Waals surface area contributed by atoms with Crippen molar-refractivity contribution >= 4 is 5.91 Å². The lowest BCUT2D eigenvalue weighted by molar-refractivity contribution is -0.00598. The zero-order valence-electron chi connectivity index (χ0n) is 13.1. The van der Waals surface area contributed by atoms with Crippen LogP contribution in [0.5, 0.6) is 0 Å². The van der Waals surface area contributed by atoms with E-state index in [9.17, 15) is 9.90 Å². The lowest BCUT2D eigenvalue weighted by Crippen LogP contribution is -2.56. The van der Waals surface area contributed by atoms with Gasteiger partial charge in [-0.2, -0.15) is 10.2 Å². The fourth-order valence-corrected chi connectivity index (χ4v) is 3.48. The normalized spacial score (nSPS) is 26.4. The topological polar surface area (TPSA) is 85.0 Å². The largest absolute Gasteiger partial charge is 0.391 e.